The van der Waals surface area contributed by atoms with Gasteiger partial charge in [0.05, 0.1) is 7.11 Å². The number of ether oxygens (including phenoxy) is 2. The van der Waals surface area contributed by atoms with E-state index in [1.54, 1.807) is 24.3 Å². The normalized spacial score (nSPS) is 11.3. The summed E-state index contributed by atoms with van der Waals surface area (Å²) >= 11 is 0. The fraction of sp³-hybridized carbons (Fsp3) is 0.250. The van der Waals surface area contributed by atoms with Gasteiger partial charge in [0.15, 0.2) is 5.78 Å². The highest BCUT2D eigenvalue weighted by Crippen LogP contribution is 2.23. The zero-order valence-electron chi connectivity index (χ0n) is 15.0. The number of Topliss-reactive ketones (excluding diaryl/α,β-unsaturated/α-hetero) is 2. The van der Waals surface area contributed by atoms with Crippen molar-refractivity contribution in [3.8, 4) is 5.75 Å². The molecule has 1 amide bonds. The van der Waals surface area contributed by atoms with Gasteiger partial charge in [0.1, 0.15) is 18.4 Å². The molecular weight excluding hydrogens is 334 g/mol. The number of carbonyl (C=O) groups excluding carboxylic acids is 3. The summed E-state index contributed by atoms with van der Waals surface area (Å²) in [5.41, 5.74) is 1.26. The maximum Gasteiger partial charge on any atom is 0.415 e. The van der Waals surface area contributed by atoms with Gasteiger partial charge in [-0.05, 0) is 36.8 Å². The third-order valence-electron chi connectivity index (χ3n) is 3.87. The van der Waals surface area contributed by atoms with Crippen LogP contribution in [-0.2, 0) is 20.9 Å². The number of ketones is 2. The Hall–Kier alpha value is -3.15. The molecule has 0 saturated heterocycles. The Labute approximate surface area is 152 Å². The van der Waals surface area contributed by atoms with E-state index in [0.717, 1.165) is 5.56 Å². The Morgan fingerprint density at radius 2 is 1.62 bits per heavy atom. The quantitative estimate of drug-likeness (QED) is 0.712. The lowest BCUT2D eigenvalue weighted by atomic mass is 10.1. The number of hydrogen-bond acceptors (Lipinski definition) is 5. The lowest BCUT2D eigenvalue weighted by Gasteiger charge is -2.27. The van der Waals surface area contributed by atoms with Gasteiger partial charge < -0.3 is 9.47 Å². The second-order valence-corrected chi connectivity index (χ2v) is 5.70. The first kappa shape index (κ1) is 19.2. The third-order valence-corrected chi connectivity index (χ3v) is 3.87. The number of hydrogen-bond donors (Lipinski definition) is 0. The van der Waals surface area contributed by atoms with Gasteiger partial charge >= 0.3 is 6.09 Å². The number of carbonyl (C=O) groups is 3. The van der Waals surface area contributed by atoms with Crippen molar-refractivity contribution in [2.75, 3.05) is 12.0 Å². The van der Waals surface area contributed by atoms with Crippen molar-refractivity contribution in [2.45, 2.75) is 26.5 Å². The van der Waals surface area contributed by atoms with Gasteiger partial charge in [-0.1, -0.05) is 30.3 Å². The summed E-state index contributed by atoms with van der Waals surface area (Å²) in [4.78, 5) is 37.4. The van der Waals surface area contributed by atoms with Crippen LogP contribution in [0.4, 0.5) is 10.5 Å². The van der Waals surface area contributed by atoms with Crippen LogP contribution in [0, 0.1) is 0 Å². The molecule has 2 aromatic rings. The summed E-state index contributed by atoms with van der Waals surface area (Å²) in [7, 11) is 1.53. The van der Waals surface area contributed by atoms with Crippen LogP contribution >= 0.6 is 0 Å². The van der Waals surface area contributed by atoms with Crippen LogP contribution < -0.4 is 9.64 Å². The molecule has 0 saturated carbocycles. The first-order valence-electron chi connectivity index (χ1n) is 8.12. The number of benzene rings is 2. The van der Waals surface area contributed by atoms with Crippen LogP contribution in [-0.4, -0.2) is 30.8 Å². The minimum atomic E-state index is -0.982. The monoisotopic (exact) mass is 355 g/mol. The van der Waals surface area contributed by atoms with Gasteiger partial charge in [-0.25, -0.2) is 4.79 Å². The summed E-state index contributed by atoms with van der Waals surface area (Å²) in [6.45, 7) is 2.74. The number of rotatable bonds is 7. The van der Waals surface area contributed by atoms with Crippen LogP contribution in [0.25, 0.3) is 0 Å². The predicted octanol–water partition coefficient (Wildman–Crippen LogP) is 3.39. The van der Waals surface area contributed by atoms with Crippen molar-refractivity contribution in [3.63, 3.8) is 0 Å². The van der Waals surface area contributed by atoms with Crippen LogP contribution in [0.5, 0.6) is 5.75 Å². The van der Waals surface area contributed by atoms with Gasteiger partial charge in [-0.2, -0.15) is 0 Å². The lowest BCUT2D eigenvalue weighted by Crippen LogP contribution is -2.45. The van der Waals surface area contributed by atoms with Crippen molar-refractivity contribution in [3.05, 3.63) is 60.2 Å². The summed E-state index contributed by atoms with van der Waals surface area (Å²) < 4.78 is 10.4. The van der Waals surface area contributed by atoms with E-state index in [-0.39, 0.29) is 6.61 Å². The lowest BCUT2D eigenvalue weighted by molar-refractivity contribution is -0.135. The highest BCUT2D eigenvalue weighted by atomic mass is 16.6. The van der Waals surface area contributed by atoms with Crippen molar-refractivity contribution in [1.29, 1.82) is 0 Å². The number of anilines is 1. The smallest absolute Gasteiger partial charge is 0.415 e. The average Bonchev–Trinajstić information content (AvgIpc) is 2.67. The molecule has 0 fully saturated rings. The van der Waals surface area contributed by atoms with Gasteiger partial charge in [0, 0.05) is 12.6 Å². The van der Waals surface area contributed by atoms with E-state index < -0.39 is 23.7 Å². The highest BCUT2D eigenvalue weighted by Gasteiger charge is 2.30. The molecule has 0 spiro atoms. The number of methoxy groups -OCH3 is 1. The highest BCUT2D eigenvalue weighted by molar-refractivity contribution is 6.39. The Kier molecular flexibility index (Phi) is 6.49. The van der Waals surface area contributed by atoms with Crippen molar-refractivity contribution < 1.29 is 23.9 Å². The van der Waals surface area contributed by atoms with E-state index in [1.807, 2.05) is 30.3 Å². The maximum atomic E-state index is 12.6. The van der Waals surface area contributed by atoms with Crippen molar-refractivity contribution in [2.24, 2.45) is 0 Å². The molecule has 0 bridgehead atoms. The van der Waals surface area contributed by atoms with Crippen molar-refractivity contribution in [1.82, 2.24) is 0 Å². The SMILES string of the molecule is COc1ccc(N(C(=O)OCc2ccccc2)C(C)C(=O)C(C)=O)cc1. The molecule has 0 aliphatic carbocycles. The third kappa shape index (κ3) is 4.69. The zero-order chi connectivity index (χ0) is 19.1. The Morgan fingerprint density at radius 3 is 2.15 bits per heavy atom. The van der Waals surface area contributed by atoms with Crippen LogP contribution in [0.1, 0.15) is 19.4 Å². The van der Waals surface area contributed by atoms with Crippen LogP contribution in [0.3, 0.4) is 0 Å². The maximum absolute atomic E-state index is 12.6. The number of nitrogens with zero attached hydrogens (tertiary/aromatic N) is 1. The first-order chi connectivity index (χ1) is 12.4. The predicted molar refractivity (Wildman–Crippen MR) is 97.3 cm³/mol. The van der Waals surface area contributed by atoms with Crippen molar-refractivity contribution >= 4 is 23.3 Å². The molecule has 0 heterocycles. The van der Waals surface area contributed by atoms with Crippen LogP contribution in [0.2, 0.25) is 0 Å². The Balaban J connectivity index is 2.24. The fourth-order valence-electron chi connectivity index (χ4n) is 2.43. The van der Waals surface area contributed by atoms with E-state index in [2.05, 4.69) is 0 Å². The minimum absolute atomic E-state index is 0.0628. The van der Waals surface area contributed by atoms with E-state index in [0.29, 0.717) is 11.4 Å². The summed E-state index contributed by atoms with van der Waals surface area (Å²) in [6.07, 6.45) is -0.707. The van der Waals surface area contributed by atoms with Crippen LogP contribution in [0.15, 0.2) is 54.6 Å². The first-order valence-corrected chi connectivity index (χ1v) is 8.12. The van der Waals surface area contributed by atoms with E-state index in [4.69, 9.17) is 9.47 Å². The second kappa shape index (κ2) is 8.80. The summed E-state index contributed by atoms with van der Waals surface area (Å²) in [5.74, 6) is -0.679. The molecule has 0 aliphatic heterocycles. The number of amides is 1. The van der Waals surface area contributed by atoms with Gasteiger partial charge in [-0.15, -0.1) is 0 Å². The molecule has 0 N–H and O–H groups in total. The molecule has 6 nitrogen and oxygen atoms in total. The molecule has 2 aromatic carbocycles. The standard InChI is InChI=1S/C20H21NO5/c1-14(19(23)15(2)22)21(17-9-11-18(25-3)12-10-17)20(24)26-13-16-7-5-4-6-8-16/h4-12,14H,13H2,1-3H3. The van der Waals surface area contributed by atoms with Gasteiger partial charge in [-0.3, -0.25) is 14.5 Å². The summed E-state index contributed by atoms with van der Waals surface area (Å²) in [6, 6.07) is 14.8. The van der Waals surface area contributed by atoms with E-state index in [9.17, 15) is 14.4 Å². The minimum Gasteiger partial charge on any atom is -0.497 e. The van der Waals surface area contributed by atoms with Gasteiger partial charge in [0.2, 0.25) is 5.78 Å². The van der Waals surface area contributed by atoms with E-state index >= 15 is 0 Å². The molecule has 6 heteroatoms. The second-order valence-electron chi connectivity index (χ2n) is 5.70. The molecule has 0 aromatic heterocycles. The van der Waals surface area contributed by atoms with Gasteiger partial charge in [0.25, 0.3) is 0 Å². The molecule has 2 rings (SSSR count). The average molecular weight is 355 g/mol. The molecule has 1 unspecified atom stereocenters. The molecule has 1 atom stereocenters. The molecule has 26 heavy (non-hydrogen) atoms. The van der Waals surface area contributed by atoms with E-state index in [1.165, 1.54) is 25.9 Å². The zero-order valence-corrected chi connectivity index (χ0v) is 15.0. The molecule has 136 valence electrons. The largest absolute Gasteiger partial charge is 0.497 e. The molecular formula is C20H21NO5. The molecule has 0 aliphatic rings. The topological polar surface area (TPSA) is 72.9 Å². The molecule has 0 radical (unpaired) electrons. The summed E-state index contributed by atoms with van der Waals surface area (Å²) in [5, 5.41) is 0. The Morgan fingerprint density at radius 1 is 1.00 bits per heavy atom. The fourth-order valence-corrected chi connectivity index (χ4v) is 2.43. The Bertz CT molecular complexity index is 771.